The number of carbonyl (C=O) groups is 1. The molecule has 5 heteroatoms. The van der Waals surface area contributed by atoms with Gasteiger partial charge in [-0.1, -0.05) is 88.1 Å². The second-order valence-corrected chi connectivity index (χ2v) is 7.14. The Morgan fingerprint density at radius 3 is 2.24 bits per heavy atom. The van der Waals surface area contributed by atoms with Crippen LogP contribution in [-0.4, -0.2) is 11.6 Å². The van der Waals surface area contributed by atoms with Crippen molar-refractivity contribution in [1.29, 1.82) is 0 Å². The van der Waals surface area contributed by atoms with Crippen LogP contribution in [0, 0.1) is 0 Å². The minimum Gasteiger partial charge on any atom is -0.273 e. The molecule has 0 aliphatic heterocycles. The Morgan fingerprint density at radius 2 is 1.64 bits per heavy atom. The summed E-state index contributed by atoms with van der Waals surface area (Å²) in [6.45, 7) is 4.21. The predicted octanol–water partition coefficient (Wildman–Crippen LogP) is 6.75. The van der Waals surface area contributed by atoms with E-state index in [1.807, 2.05) is 13.0 Å². The van der Waals surface area contributed by atoms with E-state index in [9.17, 15) is 4.79 Å². The molecule has 1 N–H and O–H groups in total. The number of amides is 1. The van der Waals surface area contributed by atoms with Crippen molar-refractivity contribution in [3.8, 4) is 0 Å². The Bertz CT molecular complexity index is 559. The summed E-state index contributed by atoms with van der Waals surface area (Å²) in [5.41, 5.74) is 4.21. The van der Waals surface area contributed by atoms with Gasteiger partial charge in [0.05, 0.1) is 10.7 Å². The van der Waals surface area contributed by atoms with Gasteiger partial charge in [0.1, 0.15) is 0 Å². The van der Waals surface area contributed by atoms with Crippen molar-refractivity contribution in [1.82, 2.24) is 5.43 Å². The molecule has 25 heavy (non-hydrogen) atoms. The molecule has 0 aliphatic carbocycles. The molecule has 0 fully saturated rings. The highest BCUT2D eigenvalue weighted by Crippen LogP contribution is 2.22. The maximum atomic E-state index is 11.9. The average molecular weight is 385 g/mol. The van der Waals surface area contributed by atoms with Crippen LogP contribution in [0.1, 0.15) is 83.6 Å². The van der Waals surface area contributed by atoms with E-state index in [-0.39, 0.29) is 5.91 Å². The lowest BCUT2D eigenvalue weighted by molar-refractivity contribution is -0.121. The lowest BCUT2D eigenvalue weighted by atomic mass is 10.1. The summed E-state index contributed by atoms with van der Waals surface area (Å²) in [7, 11) is 0. The molecule has 0 aliphatic rings. The second kappa shape index (κ2) is 13.2. The number of carbonyl (C=O) groups excluding carboxylic acids is 1. The number of rotatable bonds is 12. The van der Waals surface area contributed by atoms with Crippen molar-refractivity contribution in [2.45, 2.75) is 78.1 Å². The molecule has 3 nitrogen and oxygen atoms in total. The zero-order chi connectivity index (χ0) is 18.5. The van der Waals surface area contributed by atoms with E-state index in [4.69, 9.17) is 23.2 Å². The number of hydrazone groups is 1. The number of hydrogen-bond donors (Lipinski definition) is 1. The van der Waals surface area contributed by atoms with Crippen LogP contribution < -0.4 is 5.43 Å². The van der Waals surface area contributed by atoms with Crippen molar-refractivity contribution in [2.24, 2.45) is 5.10 Å². The predicted molar refractivity (Wildman–Crippen MR) is 109 cm³/mol. The van der Waals surface area contributed by atoms with E-state index in [0.29, 0.717) is 22.9 Å². The van der Waals surface area contributed by atoms with Gasteiger partial charge in [0.25, 0.3) is 0 Å². The third kappa shape index (κ3) is 9.27. The molecular formula is C20H30Cl2N2O. The minimum atomic E-state index is -0.0398. The van der Waals surface area contributed by atoms with Crippen molar-refractivity contribution in [2.75, 3.05) is 0 Å². The molecule has 1 rings (SSSR count). The molecule has 1 aromatic rings. The molecule has 0 spiro atoms. The minimum absolute atomic E-state index is 0.0398. The fourth-order valence-electron chi connectivity index (χ4n) is 2.66. The monoisotopic (exact) mass is 384 g/mol. The van der Waals surface area contributed by atoms with Gasteiger partial charge in [-0.05, 0) is 25.0 Å². The van der Waals surface area contributed by atoms with Crippen LogP contribution in [-0.2, 0) is 4.79 Å². The molecule has 1 aromatic carbocycles. The molecule has 0 aromatic heterocycles. The zero-order valence-electron chi connectivity index (χ0n) is 15.4. The van der Waals surface area contributed by atoms with E-state index in [0.717, 1.165) is 24.1 Å². The van der Waals surface area contributed by atoms with Gasteiger partial charge < -0.3 is 0 Å². The Labute approximate surface area is 162 Å². The number of nitrogens with zero attached hydrogens (tertiary/aromatic N) is 1. The Morgan fingerprint density at radius 1 is 1.00 bits per heavy atom. The van der Waals surface area contributed by atoms with E-state index in [2.05, 4.69) is 17.5 Å². The van der Waals surface area contributed by atoms with Crippen LogP contribution in [0.5, 0.6) is 0 Å². The molecule has 0 saturated carbocycles. The van der Waals surface area contributed by atoms with Gasteiger partial charge in [-0.25, -0.2) is 5.43 Å². The molecule has 0 heterocycles. The zero-order valence-corrected chi connectivity index (χ0v) is 16.9. The van der Waals surface area contributed by atoms with Crippen LogP contribution >= 0.6 is 23.2 Å². The Balaban J connectivity index is 2.32. The van der Waals surface area contributed by atoms with Gasteiger partial charge in [0, 0.05) is 17.0 Å². The van der Waals surface area contributed by atoms with Crippen LogP contribution in [0.2, 0.25) is 10.0 Å². The number of nitrogens with one attached hydrogen (secondary N) is 1. The maximum absolute atomic E-state index is 11.9. The van der Waals surface area contributed by atoms with Gasteiger partial charge in [-0.2, -0.15) is 5.10 Å². The Kier molecular flexibility index (Phi) is 11.6. The van der Waals surface area contributed by atoms with Crippen molar-refractivity contribution in [3.05, 3.63) is 33.8 Å². The standard InChI is InChI=1S/C20H30Cl2N2O/c1-3-5-6-7-8-9-10-11-12-20(25)24-23-19(4-2)17-14-13-16(21)15-18(17)22/h13-15H,3-12H2,1-2H3,(H,24,25)/b23-19+. The van der Waals surface area contributed by atoms with E-state index in [1.165, 1.54) is 38.5 Å². The van der Waals surface area contributed by atoms with E-state index < -0.39 is 0 Å². The summed E-state index contributed by atoms with van der Waals surface area (Å²) < 4.78 is 0. The smallest absolute Gasteiger partial charge is 0.240 e. The first kappa shape index (κ1) is 22.0. The first-order chi connectivity index (χ1) is 12.1. The summed E-state index contributed by atoms with van der Waals surface area (Å²) in [6, 6.07) is 5.29. The molecule has 0 bridgehead atoms. The topological polar surface area (TPSA) is 41.5 Å². The third-order valence-corrected chi connectivity index (χ3v) is 4.70. The van der Waals surface area contributed by atoms with Gasteiger partial charge in [-0.15, -0.1) is 0 Å². The van der Waals surface area contributed by atoms with Gasteiger partial charge >= 0.3 is 0 Å². The first-order valence-electron chi connectivity index (χ1n) is 9.39. The number of benzene rings is 1. The fraction of sp³-hybridized carbons (Fsp3) is 0.600. The SMILES string of the molecule is CCCCCCCCCCC(=O)N/N=C(\CC)c1ccc(Cl)cc1Cl. The molecule has 0 unspecified atom stereocenters. The largest absolute Gasteiger partial charge is 0.273 e. The van der Waals surface area contributed by atoms with E-state index in [1.54, 1.807) is 12.1 Å². The quantitative estimate of drug-likeness (QED) is 0.241. The lowest BCUT2D eigenvalue weighted by Crippen LogP contribution is -2.19. The van der Waals surface area contributed by atoms with Gasteiger partial charge in [0.15, 0.2) is 0 Å². The number of hydrogen-bond acceptors (Lipinski definition) is 2. The molecule has 0 radical (unpaired) electrons. The molecule has 140 valence electrons. The van der Waals surface area contributed by atoms with Crippen LogP contribution in [0.3, 0.4) is 0 Å². The van der Waals surface area contributed by atoms with Crippen molar-refractivity contribution < 1.29 is 4.79 Å². The average Bonchev–Trinajstić information content (AvgIpc) is 2.59. The molecule has 1 amide bonds. The van der Waals surface area contributed by atoms with Crippen LogP contribution in [0.25, 0.3) is 0 Å². The normalized spacial score (nSPS) is 11.6. The number of halogens is 2. The summed E-state index contributed by atoms with van der Waals surface area (Å²) >= 11 is 12.1. The second-order valence-electron chi connectivity index (χ2n) is 6.30. The van der Waals surface area contributed by atoms with Crippen molar-refractivity contribution >= 4 is 34.8 Å². The summed E-state index contributed by atoms with van der Waals surface area (Å²) in [5.74, 6) is -0.0398. The molecule has 0 atom stereocenters. The first-order valence-corrected chi connectivity index (χ1v) is 10.1. The fourth-order valence-corrected chi connectivity index (χ4v) is 3.18. The molecular weight excluding hydrogens is 355 g/mol. The lowest BCUT2D eigenvalue weighted by Gasteiger charge is -2.08. The summed E-state index contributed by atoms with van der Waals surface area (Å²) in [5, 5.41) is 5.37. The summed E-state index contributed by atoms with van der Waals surface area (Å²) in [4.78, 5) is 11.9. The van der Waals surface area contributed by atoms with Gasteiger partial charge in [-0.3, -0.25) is 4.79 Å². The van der Waals surface area contributed by atoms with Gasteiger partial charge in [0.2, 0.25) is 5.91 Å². The highest BCUT2D eigenvalue weighted by atomic mass is 35.5. The third-order valence-electron chi connectivity index (χ3n) is 4.15. The van der Waals surface area contributed by atoms with Crippen LogP contribution in [0.4, 0.5) is 0 Å². The highest BCUT2D eigenvalue weighted by molar-refractivity contribution is 6.37. The van der Waals surface area contributed by atoms with E-state index >= 15 is 0 Å². The van der Waals surface area contributed by atoms with Crippen LogP contribution in [0.15, 0.2) is 23.3 Å². The van der Waals surface area contributed by atoms with Crippen molar-refractivity contribution in [3.63, 3.8) is 0 Å². The highest BCUT2D eigenvalue weighted by Gasteiger charge is 2.08. The molecule has 0 saturated heterocycles. The number of unbranched alkanes of at least 4 members (excludes halogenated alkanes) is 7. The Hall–Kier alpha value is -1.06. The summed E-state index contributed by atoms with van der Waals surface area (Å²) in [6.07, 6.45) is 11.0. The maximum Gasteiger partial charge on any atom is 0.240 e.